The molecule has 2 heterocycles. The molecule has 0 bridgehead atoms. The number of thiophene rings is 1. The van der Waals surface area contributed by atoms with Crippen molar-refractivity contribution in [2.24, 2.45) is 0 Å². The van der Waals surface area contributed by atoms with Crippen molar-refractivity contribution < 1.29 is 9.53 Å². The quantitative estimate of drug-likeness (QED) is 0.907. The number of hydrogen-bond acceptors (Lipinski definition) is 4. The summed E-state index contributed by atoms with van der Waals surface area (Å²) in [5, 5.41) is 3.06. The molecule has 17 heavy (non-hydrogen) atoms. The van der Waals surface area contributed by atoms with E-state index < -0.39 is 0 Å². The van der Waals surface area contributed by atoms with Crippen LogP contribution in [0.25, 0.3) is 0 Å². The van der Waals surface area contributed by atoms with E-state index >= 15 is 0 Å². The van der Waals surface area contributed by atoms with Crippen molar-refractivity contribution in [3.8, 4) is 0 Å². The lowest BCUT2D eigenvalue weighted by Gasteiger charge is -2.32. The van der Waals surface area contributed by atoms with Gasteiger partial charge in [-0.05, 0) is 19.2 Å². The Morgan fingerprint density at radius 1 is 1.71 bits per heavy atom. The Kier molecular flexibility index (Phi) is 4.39. The van der Waals surface area contributed by atoms with Gasteiger partial charge in [0.15, 0.2) is 0 Å². The van der Waals surface area contributed by atoms with Gasteiger partial charge in [-0.2, -0.15) is 0 Å². The van der Waals surface area contributed by atoms with E-state index in [4.69, 9.17) is 16.3 Å². The Morgan fingerprint density at radius 3 is 3.18 bits per heavy atom. The highest BCUT2D eigenvalue weighted by Gasteiger charge is 2.25. The molecule has 1 aliphatic heterocycles. The molecule has 0 radical (unpaired) electrons. The van der Waals surface area contributed by atoms with Crippen LogP contribution in [0.4, 0.5) is 0 Å². The zero-order valence-electron chi connectivity index (χ0n) is 9.61. The van der Waals surface area contributed by atoms with E-state index in [2.05, 4.69) is 5.32 Å². The monoisotopic (exact) mass is 274 g/mol. The van der Waals surface area contributed by atoms with Crippen LogP contribution in [0.15, 0.2) is 12.1 Å². The van der Waals surface area contributed by atoms with Gasteiger partial charge in [0, 0.05) is 19.6 Å². The second kappa shape index (κ2) is 5.82. The van der Waals surface area contributed by atoms with E-state index in [-0.39, 0.29) is 12.0 Å². The van der Waals surface area contributed by atoms with Crippen molar-refractivity contribution >= 4 is 28.8 Å². The van der Waals surface area contributed by atoms with Crippen LogP contribution in [-0.4, -0.2) is 50.2 Å². The summed E-state index contributed by atoms with van der Waals surface area (Å²) in [6.45, 7) is 2.63. The molecule has 0 aromatic carbocycles. The molecule has 0 aliphatic carbocycles. The van der Waals surface area contributed by atoms with Gasteiger partial charge < -0.3 is 15.0 Å². The number of carbonyl (C=O) groups is 1. The highest BCUT2D eigenvalue weighted by atomic mass is 35.5. The van der Waals surface area contributed by atoms with Gasteiger partial charge in [0.1, 0.15) is 0 Å². The molecule has 4 nitrogen and oxygen atoms in total. The lowest BCUT2D eigenvalue weighted by atomic mass is 10.2. The third kappa shape index (κ3) is 3.19. The van der Waals surface area contributed by atoms with E-state index in [0.717, 1.165) is 6.54 Å². The minimum atomic E-state index is 0.0475. The normalized spacial score (nSPS) is 20.6. The Bertz CT molecular complexity index is 395. The maximum Gasteiger partial charge on any atom is 0.264 e. The van der Waals surface area contributed by atoms with Crippen LogP contribution in [0, 0.1) is 0 Å². The SMILES string of the molecule is CNCC1CN(C(=O)c2ccc(Cl)s2)CCO1. The van der Waals surface area contributed by atoms with E-state index in [9.17, 15) is 4.79 Å². The molecule has 0 spiro atoms. The lowest BCUT2D eigenvalue weighted by Crippen LogP contribution is -2.48. The predicted molar refractivity (Wildman–Crippen MR) is 68.9 cm³/mol. The van der Waals surface area contributed by atoms with Crippen molar-refractivity contribution in [1.29, 1.82) is 0 Å². The fraction of sp³-hybridized carbons (Fsp3) is 0.545. The van der Waals surface area contributed by atoms with E-state index in [0.29, 0.717) is 28.9 Å². The summed E-state index contributed by atoms with van der Waals surface area (Å²) in [5.74, 6) is 0.0475. The van der Waals surface area contributed by atoms with Gasteiger partial charge >= 0.3 is 0 Å². The molecule has 1 aliphatic rings. The van der Waals surface area contributed by atoms with Gasteiger partial charge in [0.25, 0.3) is 5.91 Å². The number of carbonyl (C=O) groups excluding carboxylic acids is 1. The molecular weight excluding hydrogens is 260 g/mol. The Hall–Kier alpha value is -0.620. The minimum absolute atomic E-state index is 0.0475. The maximum atomic E-state index is 12.2. The van der Waals surface area contributed by atoms with E-state index in [1.54, 1.807) is 12.1 Å². The average Bonchev–Trinajstić information content (AvgIpc) is 2.76. The minimum Gasteiger partial charge on any atom is -0.373 e. The average molecular weight is 275 g/mol. The number of nitrogens with one attached hydrogen (secondary N) is 1. The number of nitrogens with zero attached hydrogens (tertiary/aromatic N) is 1. The van der Waals surface area contributed by atoms with Crippen LogP contribution in [0.3, 0.4) is 0 Å². The molecule has 1 N–H and O–H groups in total. The molecule has 94 valence electrons. The molecule has 1 unspecified atom stereocenters. The smallest absolute Gasteiger partial charge is 0.264 e. The van der Waals surface area contributed by atoms with E-state index in [1.165, 1.54) is 11.3 Å². The number of hydrogen-bond donors (Lipinski definition) is 1. The van der Waals surface area contributed by atoms with Crippen molar-refractivity contribution in [3.63, 3.8) is 0 Å². The van der Waals surface area contributed by atoms with Crippen LogP contribution >= 0.6 is 22.9 Å². The van der Waals surface area contributed by atoms with Gasteiger partial charge in [-0.3, -0.25) is 4.79 Å². The third-order valence-corrected chi connectivity index (χ3v) is 3.86. The molecule has 2 rings (SSSR count). The topological polar surface area (TPSA) is 41.6 Å². The van der Waals surface area contributed by atoms with E-state index in [1.807, 2.05) is 11.9 Å². The van der Waals surface area contributed by atoms with Crippen molar-refractivity contribution in [2.75, 3.05) is 33.3 Å². The molecule has 1 aromatic rings. The summed E-state index contributed by atoms with van der Waals surface area (Å²) >= 11 is 7.16. The summed E-state index contributed by atoms with van der Waals surface area (Å²) < 4.78 is 6.21. The number of morpholine rings is 1. The Labute approximate surface area is 110 Å². The summed E-state index contributed by atoms with van der Waals surface area (Å²) in [6, 6.07) is 3.53. The first-order valence-corrected chi connectivity index (χ1v) is 6.71. The fourth-order valence-corrected chi connectivity index (χ4v) is 2.85. The van der Waals surface area contributed by atoms with Crippen LogP contribution in [-0.2, 0) is 4.74 Å². The second-order valence-corrected chi connectivity index (χ2v) is 5.62. The summed E-state index contributed by atoms with van der Waals surface area (Å²) in [7, 11) is 1.88. The van der Waals surface area contributed by atoms with Crippen LogP contribution < -0.4 is 5.32 Å². The van der Waals surface area contributed by atoms with Crippen molar-refractivity contribution in [3.05, 3.63) is 21.3 Å². The number of likely N-dealkylation sites (N-methyl/N-ethyl adjacent to an activating group) is 1. The van der Waals surface area contributed by atoms with Crippen LogP contribution in [0.2, 0.25) is 4.34 Å². The van der Waals surface area contributed by atoms with Crippen LogP contribution in [0.5, 0.6) is 0 Å². The van der Waals surface area contributed by atoms with Gasteiger partial charge in [-0.25, -0.2) is 0 Å². The molecule has 1 atom stereocenters. The zero-order chi connectivity index (χ0) is 12.3. The third-order valence-electron chi connectivity index (χ3n) is 2.64. The predicted octanol–water partition coefficient (Wildman–Crippen LogP) is 1.46. The molecule has 0 saturated carbocycles. The standard InChI is InChI=1S/C11H15ClN2O2S/c1-13-6-8-7-14(4-5-16-8)11(15)9-2-3-10(12)17-9/h2-3,8,13H,4-7H2,1H3. The first-order valence-electron chi connectivity index (χ1n) is 5.51. The van der Waals surface area contributed by atoms with Gasteiger partial charge in [0.2, 0.25) is 0 Å². The fourth-order valence-electron chi connectivity index (χ4n) is 1.84. The van der Waals surface area contributed by atoms with Crippen molar-refractivity contribution in [1.82, 2.24) is 10.2 Å². The Morgan fingerprint density at radius 2 is 2.53 bits per heavy atom. The summed E-state index contributed by atoms with van der Waals surface area (Å²) in [5.41, 5.74) is 0. The molecule has 1 saturated heterocycles. The van der Waals surface area contributed by atoms with Gasteiger partial charge in [-0.1, -0.05) is 11.6 Å². The zero-order valence-corrected chi connectivity index (χ0v) is 11.2. The molecule has 1 amide bonds. The first-order chi connectivity index (χ1) is 8.20. The number of halogens is 1. The van der Waals surface area contributed by atoms with Gasteiger partial charge in [-0.15, -0.1) is 11.3 Å². The van der Waals surface area contributed by atoms with Crippen LogP contribution in [0.1, 0.15) is 9.67 Å². The highest BCUT2D eigenvalue weighted by molar-refractivity contribution is 7.17. The Balaban J connectivity index is 1.99. The number of amides is 1. The molecule has 6 heteroatoms. The second-order valence-electron chi connectivity index (χ2n) is 3.91. The summed E-state index contributed by atoms with van der Waals surface area (Å²) in [4.78, 5) is 14.7. The molecular formula is C11H15ClN2O2S. The lowest BCUT2D eigenvalue weighted by molar-refractivity contribution is -0.0194. The first kappa shape index (κ1) is 12.8. The summed E-state index contributed by atoms with van der Waals surface area (Å²) in [6.07, 6.45) is 0.0770. The van der Waals surface area contributed by atoms with Gasteiger partial charge in [0.05, 0.1) is 21.9 Å². The molecule has 1 aromatic heterocycles. The highest BCUT2D eigenvalue weighted by Crippen LogP contribution is 2.23. The maximum absolute atomic E-state index is 12.2. The largest absolute Gasteiger partial charge is 0.373 e. The number of ether oxygens (including phenoxy) is 1. The molecule has 1 fully saturated rings. The number of rotatable bonds is 3. The van der Waals surface area contributed by atoms with Crippen molar-refractivity contribution in [2.45, 2.75) is 6.10 Å².